The second kappa shape index (κ2) is 13.0. The lowest BCUT2D eigenvalue weighted by Gasteiger charge is -2.34. The Labute approximate surface area is 246 Å². The monoisotopic (exact) mass is 576 g/mol. The number of benzene rings is 1. The van der Waals surface area contributed by atoms with Crippen molar-refractivity contribution in [3.63, 3.8) is 0 Å². The molecule has 1 aliphatic carbocycles. The highest BCUT2D eigenvalue weighted by Gasteiger charge is 2.28. The van der Waals surface area contributed by atoms with E-state index in [-0.39, 0.29) is 17.3 Å². The Balaban J connectivity index is 1.47. The fourth-order valence-electron chi connectivity index (χ4n) is 5.13. The zero-order valence-electron chi connectivity index (χ0n) is 23.7. The number of piperazine rings is 1. The fourth-order valence-corrected chi connectivity index (χ4v) is 5.30. The van der Waals surface area contributed by atoms with Gasteiger partial charge in [-0.15, -0.1) is 0 Å². The molecule has 1 aliphatic heterocycles. The first-order valence-corrected chi connectivity index (χ1v) is 14.6. The molecule has 9 nitrogen and oxygen atoms in total. The van der Waals surface area contributed by atoms with Crippen molar-refractivity contribution >= 4 is 29.2 Å². The summed E-state index contributed by atoms with van der Waals surface area (Å²) >= 11 is 6.20. The maximum absolute atomic E-state index is 13.3. The molecule has 3 aromatic rings. The summed E-state index contributed by atoms with van der Waals surface area (Å²) in [6.45, 7) is 9.57. The molecule has 3 N–H and O–H groups in total. The maximum atomic E-state index is 13.3. The van der Waals surface area contributed by atoms with Gasteiger partial charge in [0.2, 0.25) is 0 Å². The van der Waals surface area contributed by atoms with Gasteiger partial charge in [0.25, 0.3) is 11.8 Å². The SMILES string of the molecule is CCNC(=O)c1cc(C(=O)Nc2ncccc2Cl)c(C)cc1O[C@H](CN1CCN[C@H](C)C1)c1ccc(C2CC2)cn1. The van der Waals surface area contributed by atoms with Crippen molar-refractivity contribution in [2.24, 2.45) is 0 Å². The number of carbonyl (C=O) groups excluding carboxylic acids is 2. The van der Waals surface area contributed by atoms with E-state index in [1.807, 2.05) is 26.1 Å². The number of hydrogen-bond acceptors (Lipinski definition) is 7. The maximum Gasteiger partial charge on any atom is 0.257 e. The van der Waals surface area contributed by atoms with E-state index in [1.165, 1.54) is 18.4 Å². The topological polar surface area (TPSA) is 108 Å². The second-order valence-corrected chi connectivity index (χ2v) is 11.2. The molecule has 1 saturated heterocycles. The van der Waals surface area contributed by atoms with E-state index in [9.17, 15) is 9.59 Å². The molecule has 0 spiro atoms. The highest BCUT2D eigenvalue weighted by atomic mass is 35.5. The summed E-state index contributed by atoms with van der Waals surface area (Å²) < 4.78 is 6.66. The number of halogens is 1. The number of nitrogens with zero attached hydrogens (tertiary/aromatic N) is 3. The molecule has 216 valence electrons. The number of rotatable bonds is 10. The molecule has 1 saturated carbocycles. The van der Waals surface area contributed by atoms with Gasteiger partial charge in [-0.1, -0.05) is 17.7 Å². The van der Waals surface area contributed by atoms with Gasteiger partial charge >= 0.3 is 0 Å². The predicted octanol–water partition coefficient (Wildman–Crippen LogP) is 4.73. The third-order valence-corrected chi connectivity index (χ3v) is 7.78. The molecule has 2 fully saturated rings. The van der Waals surface area contributed by atoms with E-state index in [1.54, 1.807) is 30.5 Å². The minimum absolute atomic E-state index is 0.254. The Morgan fingerprint density at radius 3 is 2.68 bits per heavy atom. The molecule has 41 heavy (non-hydrogen) atoms. The van der Waals surface area contributed by atoms with Crippen LogP contribution in [-0.2, 0) is 0 Å². The zero-order valence-corrected chi connectivity index (χ0v) is 24.5. The molecule has 2 aromatic heterocycles. The Morgan fingerprint density at radius 2 is 2.00 bits per heavy atom. The molecule has 2 amide bonds. The van der Waals surface area contributed by atoms with E-state index in [2.05, 4.69) is 38.8 Å². The van der Waals surface area contributed by atoms with E-state index < -0.39 is 12.0 Å². The van der Waals surface area contributed by atoms with Crippen LogP contribution in [0.3, 0.4) is 0 Å². The van der Waals surface area contributed by atoms with Crippen LogP contribution in [0.15, 0.2) is 48.8 Å². The molecule has 0 bridgehead atoms. The van der Waals surface area contributed by atoms with Gasteiger partial charge in [-0.2, -0.15) is 0 Å². The third kappa shape index (κ3) is 7.22. The fraction of sp³-hybridized carbons (Fsp3) is 0.419. The first kappa shape index (κ1) is 29.0. The van der Waals surface area contributed by atoms with Crippen LogP contribution in [0.5, 0.6) is 5.75 Å². The van der Waals surface area contributed by atoms with Gasteiger partial charge in [-0.3, -0.25) is 19.5 Å². The lowest BCUT2D eigenvalue weighted by Crippen LogP contribution is -2.50. The minimum atomic E-state index is -0.413. The number of hydrogen-bond donors (Lipinski definition) is 3. The molecular formula is C31H37ClN6O3. The summed E-state index contributed by atoms with van der Waals surface area (Å²) in [4.78, 5) is 37.8. The predicted molar refractivity (Wildman–Crippen MR) is 160 cm³/mol. The summed E-state index contributed by atoms with van der Waals surface area (Å²) in [6, 6.07) is 11.2. The van der Waals surface area contributed by atoms with Crippen molar-refractivity contribution in [1.29, 1.82) is 0 Å². The summed E-state index contributed by atoms with van der Waals surface area (Å²) in [5.41, 5.74) is 3.34. The van der Waals surface area contributed by atoms with Crippen molar-refractivity contribution in [2.75, 3.05) is 38.0 Å². The number of aromatic nitrogens is 2. The van der Waals surface area contributed by atoms with E-state index in [4.69, 9.17) is 21.3 Å². The highest BCUT2D eigenvalue weighted by molar-refractivity contribution is 6.33. The number of anilines is 1. The number of amides is 2. The van der Waals surface area contributed by atoms with Crippen LogP contribution in [0, 0.1) is 6.92 Å². The molecule has 2 atom stereocenters. The van der Waals surface area contributed by atoms with Crippen LogP contribution in [0.1, 0.15) is 76.2 Å². The van der Waals surface area contributed by atoms with Gasteiger partial charge in [-0.25, -0.2) is 4.98 Å². The van der Waals surface area contributed by atoms with Gasteiger partial charge in [0.05, 0.1) is 16.3 Å². The first-order valence-electron chi connectivity index (χ1n) is 14.2. The van der Waals surface area contributed by atoms with Crippen LogP contribution in [-0.4, -0.2) is 65.4 Å². The number of pyridine rings is 2. The zero-order chi connectivity index (χ0) is 28.9. The summed E-state index contributed by atoms with van der Waals surface area (Å²) in [5.74, 6) is 0.533. The van der Waals surface area contributed by atoms with Crippen LogP contribution in [0.25, 0.3) is 0 Å². The largest absolute Gasteiger partial charge is 0.482 e. The average Bonchev–Trinajstić information content (AvgIpc) is 3.80. The lowest BCUT2D eigenvalue weighted by molar-refractivity contribution is 0.0929. The quantitative estimate of drug-likeness (QED) is 0.320. The Hall–Kier alpha value is -3.53. The number of ether oxygens (including phenoxy) is 1. The summed E-state index contributed by atoms with van der Waals surface area (Å²) in [6.07, 6.45) is 5.52. The standard InChI is InChI=1S/C31H37ClN6O3/c1-4-33-30(39)24-15-23(31(40)37-29-25(32)6-5-11-35-29)19(2)14-27(24)41-28(18-38-13-12-34-20(3)17-38)26-10-9-22(16-36-26)21-7-8-21/h5-6,9-11,14-16,20-21,28,34H,4,7-8,12-13,17-18H2,1-3H3,(H,33,39)(H,35,37,40)/t20-,28-/m1/s1. The van der Waals surface area contributed by atoms with E-state index in [0.29, 0.717) is 46.9 Å². The Kier molecular flexibility index (Phi) is 9.17. The van der Waals surface area contributed by atoms with E-state index in [0.717, 1.165) is 25.3 Å². The normalized spacial score (nSPS) is 18.0. The molecule has 0 unspecified atom stereocenters. The van der Waals surface area contributed by atoms with Gasteiger partial charge < -0.3 is 20.7 Å². The Bertz CT molecular complexity index is 1400. The average molecular weight is 577 g/mol. The molecule has 10 heteroatoms. The smallest absolute Gasteiger partial charge is 0.257 e. The van der Waals surface area contributed by atoms with Crippen LogP contribution >= 0.6 is 11.6 Å². The van der Waals surface area contributed by atoms with Gasteiger partial charge in [-0.05, 0) is 81.0 Å². The molecule has 5 rings (SSSR count). The van der Waals surface area contributed by atoms with E-state index >= 15 is 0 Å². The molecule has 2 aliphatic rings. The van der Waals surface area contributed by atoms with Crippen molar-refractivity contribution in [3.05, 3.63) is 81.8 Å². The van der Waals surface area contributed by atoms with Crippen molar-refractivity contribution in [3.8, 4) is 5.75 Å². The number of nitrogens with one attached hydrogen (secondary N) is 3. The number of aryl methyl sites for hydroxylation is 1. The van der Waals surface area contributed by atoms with Crippen molar-refractivity contribution in [1.82, 2.24) is 25.5 Å². The van der Waals surface area contributed by atoms with Crippen molar-refractivity contribution < 1.29 is 14.3 Å². The van der Waals surface area contributed by atoms with Crippen LogP contribution in [0.4, 0.5) is 5.82 Å². The Morgan fingerprint density at radius 1 is 1.17 bits per heavy atom. The summed E-state index contributed by atoms with van der Waals surface area (Å²) in [5, 5.41) is 9.42. The molecule has 0 radical (unpaired) electrons. The molecule has 1 aromatic carbocycles. The van der Waals surface area contributed by atoms with Gasteiger partial charge in [0, 0.05) is 56.7 Å². The first-order chi connectivity index (χ1) is 19.8. The van der Waals surface area contributed by atoms with Crippen LogP contribution < -0.4 is 20.7 Å². The lowest BCUT2D eigenvalue weighted by atomic mass is 10.0. The minimum Gasteiger partial charge on any atom is -0.482 e. The molecular weight excluding hydrogens is 540 g/mol. The van der Waals surface area contributed by atoms with Crippen molar-refractivity contribution in [2.45, 2.75) is 51.7 Å². The summed E-state index contributed by atoms with van der Waals surface area (Å²) in [7, 11) is 0. The van der Waals surface area contributed by atoms with Gasteiger partial charge in [0.15, 0.2) is 11.9 Å². The molecule has 3 heterocycles. The van der Waals surface area contributed by atoms with Crippen LogP contribution in [0.2, 0.25) is 5.02 Å². The number of carbonyl (C=O) groups is 2. The second-order valence-electron chi connectivity index (χ2n) is 10.8. The highest BCUT2D eigenvalue weighted by Crippen LogP contribution is 2.40. The third-order valence-electron chi connectivity index (χ3n) is 7.48. The van der Waals surface area contributed by atoms with Gasteiger partial charge in [0.1, 0.15) is 5.75 Å².